The summed E-state index contributed by atoms with van der Waals surface area (Å²) in [4.78, 5) is 66.2. The number of carbonyl (C=O) groups excluding carboxylic acids is 3. The molecule has 8 N–H and O–H groups in total. The number of allylic oxidation sites excluding steroid dienone is 6. The molecule has 0 aromatic heterocycles. The smallest absolute Gasteiger partial charge is 0.402 e. The van der Waals surface area contributed by atoms with Gasteiger partial charge in [-0.25, -0.2) is 4.79 Å². The number of aliphatic hydroxyl groups excluding tert-OH is 1. The SMILES string of the molecule is C/C1=C\C(C)C(O)CCC(C)CC2=C(NCCCCP(O)O)C(=O)C=C(NC(=O)/C(C)=C/C=C\CC1)C2=O.NC(=O)O. The molecular weight excluding hydrogens is 561 g/mol. The average molecular weight is 608 g/mol. The van der Waals surface area contributed by atoms with Gasteiger partial charge < -0.3 is 36.4 Å². The second-order valence-corrected chi connectivity index (χ2v) is 12.0. The number of unbranched alkanes of at least 4 members (excludes halogenated alkanes) is 1. The molecule has 0 saturated heterocycles. The normalized spacial score (nSPS) is 26.1. The lowest BCUT2D eigenvalue weighted by atomic mass is 9.86. The van der Waals surface area contributed by atoms with Crippen molar-refractivity contribution in [2.75, 3.05) is 12.7 Å². The van der Waals surface area contributed by atoms with Gasteiger partial charge in [-0.1, -0.05) is 43.7 Å². The van der Waals surface area contributed by atoms with Crippen LogP contribution in [0.1, 0.15) is 72.6 Å². The molecule has 1 aliphatic heterocycles. The van der Waals surface area contributed by atoms with Crippen molar-refractivity contribution in [3.8, 4) is 0 Å². The van der Waals surface area contributed by atoms with Crippen LogP contribution in [0.4, 0.5) is 4.79 Å². The topological polar surface area (TPSA) is 199 Å². The van der Waals surface area contributed by atoms with Crippen molar-refractivity contribution < 1.29 is 39.2 Å². The van der Waals surface area contributed by atoms with Gasteiger partial charge in [-0.05, 0) is 64.7 Å². The van der Waals surface area contributed by atoms with Crippen LogP contribution in [-0.2, 0) is 14.4 Å². The van der Waals surface area contributed by atoms with Crippen LogP contribution in [0.25, 0.3) is 0 Å². The van der Waals surface area contributed by atoms with Crippen molar-refractivity contribution in [1.29, 1.82) is 0 Å². The zero-order valence-corrected chi connectivity index (χ0v) is 25.8. The third-order valence-electron chi connectivity index (χ3n) is 6.89. The average Bonchev–Trinajstić information content (AvgIpc) is 2.89. The fourth-order valence-corrected chi connectivity index (χ4v) is 5.00. The van der Waals surface area contributed by atoms with Crippen LogP contribution in [0.2, 0.25) is 0 Å². The zero-order chi connectivity index (χ0) is 31.8. The lowest BCUT2D eigenvalue weighted by Crippen LogP contribution is -2.36. The van der Waals surface area contributed by atoms with E-state index in [0.29, 0.717) is 56.0 Å². The third-order valence-corrected chi connectivity index (χ3v) is 7.60. The Morgan fingerprint density at radius 2 is 1.81 bits per heavy atom. The Bertz CT molecular complexity index is 1120. The van der Waals surface area contributed by atoms with E-state index in [1.165, 1.54) is 11.6 Å². The fraction of sp³-hybridized carbons (Fsp3) is 0.533. The van der Waals surface area contributed by atoms with Gasteiger partial charge in [0, 0.05) is 35.8 Å². The first-order valence-corrected chi connectivity index (χ1v) is 15.6. The Balaban J connectivity index is 0.00000206. The van der Waals surface area contributed by atoms with Gasteiger partial charge >= 0.3 is 6.09 Å². The summed E-state index contributed by atoms with van der Waals surface area (Å²) < 4.78 is 0. The molecule has 3 unspecified atom stereocenters. The quantitative estimate of drug-likeness (QED) is 0.102. The maximum Gasteiger partial charge on any atom is 0.402 e. The summed E-state index contributed by atoms with van der Waals surface area (Å²) in [6, 6.07) is 0. The Morgan fingerprint density at radius 1 is 1.14 bits per heavy atom. The van der Waals surface area contributed by atoms with Gasteiger partial charge in [-0.2, -0.15) is 0 Å². The number of carboxylic acid groups (broad SMARTS) is 1. The summed E-state index contributed by atoms with van der Waals surface area (Å²) in [6.07, 6.45) is 11.6. The van der Waals surface area contributed by atoms with Crippen molar-refractivity contribution in [1.82, 2.24) is 10.6 Å². The minimum Gasteiger partial charge on any atom is -0.465 e. The Hall–Kier alpha value is -3.11. The predicted octanol–water partition coefficient (Wildman–Crippen LogP) is 3.73. The number of aliphatic hydroxyl groups is 1. The zero-order valence-electron chi connectivity index (χ0n) is 24.9. The Morgan fingerprint density at radius 3 is 2.45 bits per heavy atom. The molecule has 0 spiro atoms. The molecule has 2 rings (SSSR count). The first-order valence-electron chi connectivity index (χ1n) is 14.1. The van der Waals surface area contributed by atoms with E-state index in [1.54, 1.807) is 13.0 Å². The molecule has 2 bridgehead atoms. The number of fused-ring (bicyclic) bond motifs is 2. The van der Waals surface area contributed by atoms with Crippen LogP contribution in [0, 0.1) is 11.8 Å². The largest absolute Gasteiger partial charge is 0.465 e. The van der Waals surface area contributed by atoms with Crippen LogP contribution < -0.4 is 16.4 Å². The monoisotopic (exact) mass is 607 g/mol. The summed E-state index contributed by atoms with van der Waals surface area (Å²) in [5, 5.41) is 23.6. The predicted molar refractivity (Wildman–Crippen MR) is 163 cm³/mol. The van der Waals surface area contributed by atoms with Crippen molar-refractivity contribution in [2.45, 2.75) is 78.7 Å². The molecule has 12 heteroatoms. The second-order valence-electron chi connectivity index (χ2n) is 10.8. The van der Waals surface area contributed by atoms with E-state index in [9.17, 15) is 19.5 Å². The molecule has 0 aromatic carbocycles. The number of nitrogens with one attached hydrogen (secondary N) is 2. The van der Waals surface area contributed by atoms with Crippen molar-refractivity contribution >= 4 is 31.9 Å². The molecule has 0 radical (unpaired) electrons. The lowest BCUT2D eigenvalue weighted by Gasteiger charge is -2.24. The van der Waals surface area contributed by atoms with Crippen LogP contribution in [-0.4, -0.2) is 62.4 Å². The lowest BCUT2D eigenvalue weighted by molar-refractivity contribution is -0.120. The Labute approximate surface area is 249 Å². The first-order chi connectivity index (χ1) is 19.7. The third kappa shape index (κ3) is 14.2. The fourth-order valence-electron chi connectivity index (χ4n) is 4.49. The summed E-state index contributed by atoms with van der Waals surface area (Å²) in [5.74, 6) is -1.20. The van der Waals surface area contributed by atoms with E-state index in [4.69, 9.17) is 19.7 Å². The number of rotatable bonds is 6. The minimum absolute atomic E-state index is 0.0000351. The van der Waals surface area contributed by atoms with Crippen LogP contribution in [0.3, 0.4) is 0 Å². The molecule has 0 aromatic rings. The molecule has 1 heterocycles. The first kappa shape index (κ1) is 36.9. The highest BCUT2D eigenvalue weighted by Crippen LogP contribution is 2.28. The molecule has 42 heavy (non-hydrogen) atoms. The van der Waals surface area contributed by atoms with Crippen LogP contribution in [0.15, 0.2) is 58.5 Å². The summed E-state index contributed by atoms with van der Waals surface area (Å²) in [7, 11) is -1.95. The van der Waals surface area contributed by atoms with E-state index >= 15 is 0 Å². The molecular formula is C30H46N3O8P. The number of hydrogen-bond acceptors (Lipinski definition) is 8. The number of carbonyl (C=O) groups is 4. The van der Waals surface area contributed by atoms with Crippen LogP contribution >= 0.6 is 8.38 Å². The van der Waals surface area contributed by atoms with Crippen molar-refractivity contribution in [3.05, 3.63) is 58.5 Å². The standard InChI is InChI=1S/C29H43N2O6P.CH3NO2/c1-19-10-6-5-7-11-21(3)29(35)31-24-18-26(33)27(30-14-8-9-15-38(36)37)23(28(24)34)17-20(2)12-13-25(32)22(4)16-19;2-1(3)4/h5,7,11,16,18,20,22,25,30,32,36-37H,6,8-10,12-15,17H2,1-4H3,(H,31,35);2H2,(H,3,4)/b7-5-,19-16+,21-11+;. The molecule has 2 aliphatic rings. The highest BCUT2D eigenvalue weighted by molar-refractivity contribution is 7.45. The number of nitrogens with two attached hydrogens (primary N) is 1. The van der Waals surface area contributed by atoms with Gasteiger partial charge in [0.05, 0.1) is 17.5 Å². The van der Waals surface area contributed by atoms with E-state index in [0.717, 1.165) is 12.8 Å². The maximum absolute atomic E-state index is 13.5. The maximum atomic E-state index is 13.5. The summed E-state index contributed by atoms with van der Waals surface area (Å²) in [5.41, 5.74) is 6.15. The minimum atomic E-state index is -1.95. The van der Waals surface area contributed by atoms with Gasteiger partial charge in [-0.15, -0.1) is 0 Å². The molecule has 0 fully saturated rings. The molecule has 234 valence electrons. The van der Waals surface area contributed by atoms with Gasteiger partial charge in [0.1, 0.15) is 0 Å². The summed E-state index contributed by atoms with van der Waals surface area (Å²) >= 11 is 0. The molecule has 0 saturated carbocycles. The van der Waals surface area contributed by atoms with Gasteiger partial charge in [0.2, 0.25) is 11.6 Å². The number of Topliss-reactive ketones (excluding diaryl/α,β-unsaturated/α-hetero) is 1. The van der Waals surface area contributed by atoms with Gasteiger partial charge in [-0.3, -0.25) is 14.4 Å². The number of amides is 2. The number of hydrogen-bond donors (Lipinski definition) is 7. The highest BCUT2D eigenvalue weighted by atomic mass is 31.2. The summed E-state index contributed by atoms with van der Waals surface area (Å²) in [6.45, 7) is 8.11. The molecule has 1 aliphatic carbocycles. The second kappa shape index (κ2) is 19.2. The number of ketones is 2. The van der Waals surface area contributed by atoms with Crippen molar-refractivity contribution in [2.24, 2.45) is 17.6 Å². The van der Waals surface area contributed by atoms with Gasteiger partial charge in [0.25, 0.3) is 5.91 Å². The van der Waals surface area contributed by atoms with E-state index in [2.05, 4.69) is 29.4 Å². The van der Waals surface area contributed by atoms with Crippen molar-refractivity contribution in [3.63, 3.8) is 0 Å². The highest BCUT2D eigenvalue weighted by Gasteiger charge is 2.30. The van der Waals surface area contributed by atoms with Crippen LogP contribution in [0.5, 0.6) is 0 Å². The van der Waals surface area contributed by atoms with E-state index in [-0.39, 0.29) is 29.0 Å². The molecule has 2 amide bonds. The van der Waals surface area contributed by atoms with Gasteiger partial charge in [0.15, 0.2) is 8.38 Å². The van der Waals surface area contributed by atoms with E-state index < -0.39 is 32.3 Å². The Kier molecular flexibility index (Phi) is 16.8. The number of primary amides is 1. The molecule has 3 atom stereocenters. The molecule has 11 nitrogen and oxygen atoms in total. The van der Waals surface area contributed by atoms with E-state index in [1.807, 2.05) is 26.0 Å².